The van der Waals surface area contributed by atoms with Gasteiger partial charge >= 0.3 is 0 Å². The van der Waals surface area contributed by atoms with E-state index in [1.165, 1.54) is 0 Å². The molecule has 0 aliphatic rings. The highest BCUT2D eigenvalue weighted by molar-refractivity contribution is 7.98. The molecular weight excluding hydrogens is 279 g/mol. The minimum Gasteiger partial charge on any atom is -0.352 e. The first-order valence-electron chi connectivity index (χ1n) is 5.01. The maximum Gasteiger partial charge on any atom is 0.252 e. The van der Waals surface area contributed by atoms with Crippen LogP contribution in [0.5, 0.6) is 0 Å². The van der Waals surface area contributed by atoms with Gasteiger partial charge in [0.1, 0.15) is 0 Å². The third kappa shape index (κ3) is 5.17. The molecule has 6 heteroatoms. The van der Waals surface area contributed by atoms with Gasteiger partial charge in [-0.2, -0.15) is 0 Å². The van der Waals surface area contributed by atoms with Crippen molar-refractivity contribution in [1.82, 2.24) is 5.32 Å². The minimum atomic E-state index is -0.144. The zero-order chi connectivity index (χ0) is 12.0. The van der Waals surface area contributed by atoms with Gasteiger partial charge in [-0.3, -0.25) is 4.79 Å². The number of carbonyl (C=O) groups excluding carboxylic acids is 1. The van der Waals surface area contributed by atoms with Crippen LogP contribution in [0.4, 0.5) is 0 Å². The molecule has 0 aromatic heterocycles. The van der Waals surface area contributed by atoms with Crippen LogP contribution >= 0.6 is 35.8 Å². The van der Waals surface area contributed by atoms with Crippen molar-refractivity contribution >= 4 is 41.7 Å². The number of benzene rings is 1. The summed E-state index contributed by atoms with van der Waals surface area (Å²) in [4.78, 5) is 12.8. The molecule has 0 unspecified atom stereocenters. The van der Waals surface area contributed by atoms with E-state index >= 15 is 0 Å². The molecule has 0 aliphatic heterocycles. The van der Waals surface area contributed by atoms with Gasteiger partial charge in [0.25, 0.3) is 5.91 Å². The van der Waals surface area contributed by atoms with Gasteiger partial charge in [0.2, 0.25) is 0 Å². The van der Waals surface area contributed by atoms with Crippen LogP contribution in [0, 0.1) is 0 Å². The fourth-order valence-corrected chi connectivity index (χ4v) is 1.85. The van der Waals surface area contributed by atoms with Gasteiger partial charge in [-0.25, -0.2) is 0 Å². The van der Waals surface area contributed by atoms with Crippen molar-refractivity contribution in [2.45, 2.75) is 11.3 Å². The Hall–Kier alpha value is -0.420. The van der Waals surface area contributed by atoms with Crippen molar-refractivity contribution in [1.29, 1.82) is 0 Å². The number of hydrogen-bond donors (Lipinski definition) is 2. The molecular formula is C11H16Cl2N2OS. The van der Waals surface area contributed by atoms with Crippen LogP contribution in [-0.4, -0.2) is 25.3 Å². The first kappa shape index (κ1) is 16.6. The number of halogens is 2. The molecule has 0 bridgehead atoms. The molecule has 0 fully saturated rings. The lowest BCUT2D eigenvalue weighted by atomic mass is 10.2. The summed E-state index contributed by atoms with van der Waals surface area (Å²) in [6.07, 6.45) is 2.73. The molecule has 1 rings (SSSR count). The zero-order valence-electron chi connectivity index (χ0n) is 9.53. The van der Waals surface area contributed by atoms with Gasteiger partial charge in [-0.1, -0.05) is 11.6 Å². The van der Waals surface area contributed by atoms with Crippen LogP contribution in [0.15, 0.2) is 23.1 Å². The number of nitrogens with two attached hydrogens (primary N) is 1. The molecule has 96 valence electrons. The van der Waals surface area contributed by atoms with Crippen LogP contribution in [0.25, 0.3) is 0 Å². The molecule has 0 saturated carbocycles. The van der Waals surface area contributed by atoms with E-state index in [0.29, 0.717) is 23.7 Å². The maximum absolute atomic E-state index is 11.8. The van der Waals surface area contributed by atoms with Crippen molar-refractivity contribution in [2.75, 3.05) is 19.3 Å². The number of rotatable bonds is 5. The second-order valence-electron chi connectivity index (χ2n) is 3.24. The van der Waals surface area contributed by atoms with Crippen LogP contribution in [0.3, 0.4) is 0 Å². The zero-order valence-corrected chi connectivity index (χ0v) is 11.9. The standard InChI is InChI=1S/C11H15ClN2OS.ClH/c1-16-8-3-4-10(12)9(7-8)11(15)14-6-2-5-13;/h3-4,7H,2,5-6,13H2,1H3,(H,14,15);1H. The average molecular weight is 295 g/mol. The molecule has 0 atom stereocenters. The number of hydrogen-bond acceptors (Lipinski definition) is 3. The lowest BCUT2D eigenvalue weighted by Crippen LogP contribution is -2.26. The summed E-state index contributed by atoms with van der Waals surface area (Å²) in [5.74, 6) is -0.144. The van der Waals surface area contributed by atoms with E-state index in [1.54, 1.807) is 23.9 Å². The summed E-state index contributed by atoms with van der Waals surface area (Å²) in [5.41, 5.74) is 5.87. The first-order chi connectivity index (χ1) is 7.69. The van der Waals surface area contributed by atoms with Crippen molar-refractivity contribution in [3.63, 3.8) is 0 Å². The number of thioether (sulfide) groups is 1. The smallest absolute Gasteiger partial charge is 0.252 e. The van der Waals surface area contributed by atoms with Crippen molar-refractivity contribution in [3.05, 3.63) is 28.8 Å². The predicted molar refractivity (Wildman–Crippen MR) is 76.5 cm³/mol. The number of amides is 1. The lowest BCUT2D eigenvalue weighted by Gasteiger charge is -2.07. The fraction of sp³-hybridized carbons (Fsp3) is 0.364. The molecule has 0 spiro atoms. The van der Waals surface area contributed by atoms with Crippen molar-refractivity contribution in [3.8, 4) is 0 Å². The second-order valence-corrected chi connectivity index (χ2v) is 4.53. The van der Waals surface area contributed by atoms with E-state index in [-0.39, 0.29) is 18.3 Å². The van der Waals surface area contributed by atoms with E-state index in [4.69, 9.17) is 17.3 Å². The molecule has 0 aliphatic carbocycles. The average Bonchev–Trinajstić information content (AvgIpc) is 2.30. The normalized spacial score (nSPS) is 9.59. The predicted octanol–water partition coefficient (Wildman–Crippen LogP) is 2.56. The highest BCUT2D eigenvalue weighted by atomic mass is 35.5. The lowest BCUT2D eigenvalue weighted by molar-refractivity contribution is 0.0953. The minimum absolute atomic E-state index is 0. The Morgan fingerprint density at radius 3 is 2.82 bits per heavy atom. The molecule has 17 heavy (non-hydrogen) atoms. The van der Waals surface area contributed by atoms with Gasteiger partial charge < -0.3 is 11.1 Å². The summed E-state index contributed by atoms with van der Waals surface area (Å²) in [7, 11) is 0. The highest BCUT2D eigenvalue weighted by Gasteiger charge is 2.10. The topological polar surface area (TPSA) is 55.1 Å². The van der Waals surface area contributed by atoms with Crippen LogP contribution in [0.1, 0.15) is 16.8 Å². The SMILES string of the molecule is CSc1ccc(Cl)c(C(=O)NCCCN)c1.Cl. The fourth-order valence-electron chi connectivity index (χ4n) is 1.20. The van der Waals surface area contributed by atoms with Crippen LogP contribution < -0.4 is 11.1 Å². The molecule has 0 saturated heterocycles. The third-order valence-electron chi connectivity index (χ3n) is 2.08. The first-order valence-corrected chi connectivity index (χ1v) is 6.61. The van der Waals surface area contributed by atoms with E-state index < -0.39 is 0 Å². The van der Waals surface area contributed by atoms with Crippen molar-refractivity contribution in [2.24, 2.45) is 5.73 Å². The Balaban J connectivity index is 0.00000256. The highest BCUT2D eigenvalue weighted by Crippen LogP contribution is 2.22. The van der Waals surface area contributed by atoms with Crippen molar-refractivity contribution < 1.29 is 4.79 Å². The Morgan fingerprint density at radius 1 is 1.53 bits per heavy atom. The molecule has 3 N–H and O–H groups in total. The van der Waals surface area contributed by atoms with E-state index in [9.17, 15) is 4.79 Å². The Kier molecular flexibility index (Phi) is 8.43. The van der Waals surface area contributed by atoms with Gasteiger partial charge in [0.05, 0.1) is 10.6 Å². The largest absolute Gasteiger partial charge is 0.352 e. The monoisotopic (exact) mass is 294 g/mol. The maximum atomic E-state index is 11.8. The van der Waals surface area contributed by atoms with E-state index in [1.807, 2.05) is 12.3 Å². The van der Waals surface area contributed by atoms with Gasteiger partial charge in [0.15, 0.2) is 0 Å². The summed E-state index contributed by atoms with van der Waals surface area (Å²) in [6.45, 7) is 1.15. The molecule has 1 aromatic carbocycles. The summed E-state index contributed by atoms with van der Waals surface area (Å²) in [6, 6.07) is 5.43. The molecule has 1 amide bonds. The molecule has 0 radical (unpaired) electrons. The van der Waals surface area contributed by atoms with E-state index in [2.05, 4.69) is 5.32 Å². The van der Waals surface area contributed by atoms with Gasteiger partial charge in [-0.15, -0.1) is 24.2 Å². The third-order valence-corrected chi connectivity index (χ3v) is 3.14. The number of nitrogens with one attached hydrogen (secondary N) is 1. The van der Waals surface area contributed by atoms with Gasteiger partial charge in [-0.05, 0) is 37.4 Å². The summed E-state index contributed by atoms with van der Waals surface area (Å²) < 4.78 is 0. The summed E-state index contributed by atoms with van der Waals surface area (Å²) >= 11 is 7.54. The van der Waals surface area contributed by atoms with Crippen LogP contribution in [-0.2, 0) is 0 Å². The molecule has 3 nitrogen and oxygen atoms in total. The van der Waals surface area contributed by atoms with Gasteiger partial charge in [0, 0.05) is 11.4 Å². The number of carbonyl (C=O) groups is 1. The molecule has 1 aromatic rings. The molecule has 0 heterocycles. The Labute approximate surface area is 117 Å². The second kappa shape index (κ2) is 8.64. The summed E-state index contributed by atoms with van der Waals surface area (Å²) in [5, 5.41) is 3.25. The Morgan fingerprint density at radius 2 is 2.24 bits per heavy atom. The van der Waals surface area contributed by atoms with Crippen LogP contribution in [0.2, 0.25) is 5.02 Å². The van der Waals surface area contributed by atoms with E-state index in [0.717, 1.165) is 11.3 Å². The quantitative estimate of drug-likeness (QED) is 0.648. The Bertz CT molecular complexity index is 374.